The summed E-state index contributed by atoms with van der Waals surface area (Å²) in [5, 5.41) is 0.822. The molecule has 0 nitrogen and oxygen atoms in total. The van der Waals surface area contributed by atoms with Crippen molar-refractivity contribution in [3.05, 3.63) is 52.6 Å². The smallest absolute Gasteiger partial charge is 0.0435 e. The molecule has 0 radical (unpaired) electrons. The van der Waals surface area contributed by atoms with Crippen molar-refractivity contribution in [3.63, 3.8) is 0 Å². The van der Waals surface area contributed by atoms with Gasteiger partial charge in [-0.1, -0.05) is 48.0 Å². The third-order valence-electron chi connectivity index (χ3n) is 1.77. The van der Waals surface area contributed by atoms with Crippen molar-refractivity contribution in [1.29, 1.82) is 0 Å². The van der Waals surface area contributed by atoms with Crippen molar-refractivity contribution in [1.82, 2.24) is 0 Å². The third-order valence-corrected chi connectivity index (χ3v) is 2.20. The number of benzene rings is 1. The van der Waals surface area contributed by atoms with Crippen LogP contribution in [0.1, 0.15) is 18.1 Å². The van der Waals surface area contributed by atoms with Crippen LogP contribution in [0.2, 0.25) is 5.02 Å². The lowest BCUT2D eigenvalue weighted by atomic mass is 10.1. The molecule has 0 bridgehead atoms. The van der Waals surface area contributed by atoms with Gasteiger partial charge in [-0.25, -0.2) is 0 Å². The molecule has 0 heterocycles. The van der Waals surface area contributed by atoms with Crippen molar-refractivity contribution in [2.75, 3.05) is 0 Å². The van der Waals surface area contributed by atoms with Gasteiger partial charge in [0.15, 0.2) is 0 Å². The highest BCUT2D eigenvalue weighted by Gasteiger charge is 1.93. The van der Waals surface area contributed by atoms with E-state index in [-0.39, 0.29) is 0 Å². The summed E-state index contributed by atoms with van der Waals surface area (Å²) in [5.41, 5.74) is 2.30. The third kappa shape index (κ3) is 3.08. The molecule has 0 aromatic heterocycles. The minimum absolute atomic E-state index is 0.822. The van der Waals surface area contributed by atoms with Gasteiger partial charge in [0.1, 0.15) is 0 Å². The van der Waals surface area contributed by atoms with Gasteiger partial charge < -0.3 is 0 Å². The Bertz CT molecular complexity index is 335. The monoisotopic (exact) mass is 192 g/mol. The lowest BCUT2D eigenvalue weighted by molar-refractivity contribution is 1.46. The second kappa shape index (κ2) is 4.88. The van der Waals surface area contributed by atoms with Gasteiger partial charge in [-0.3, -0.25) is 0 Å². The topological polar surface area (TPSA) is 0 Å². The molecule has 1 aromatic carbocycles. The van der Waals surface area contributed by atoms with E-state index in [9.17, 15) is 0 Å². The predicted octanol–water partition coefficient (Wildman–Crippen LogP) is 4.24. The van der Waals surface area contributed by atoms with E-state index in [1.165, 1.54) is 5.56 Å². The fourth-order valence-electron chi connectivity index (χ4n) is 1.05. The number of rotatable bonds is 2. The predicted molar refractivity (Wildman–Crippen MR) is 60.0 cm³/mol. The van der Waals surface area contributed by atoms with Crippen LogP contribution in [0.15, 0.2) is 36.4 Å². The maximum Gasteiger partial charge on any atom is 0.0435 e. The molecule has 13 heavy (non-hydrogen) atoms. The number of hydrogen-bond donors (Lipinski definition) is 0. The Kier molecular flexibility index (Phi) is 3.78. The number of halogens is 1. The Balaban J connectivity index is 2.85. The van der Waals surface area contributed by atoms with Crippen LogP contribution >= 0.6 is 11.6 Å². The van der Waals surface area contributed by atoms with Gasteiger partial charge in [0.2, 0.25) is 0 Å². The minimum atomic E-state index is 0.822. The molecule has 0 saturated heterocycles. The summed E-state index contributed by atoms with van der Waals surface area (Å²) < 4.78 is 0. The molecular weight excluding hydrogens is 180 g/mol. The molecule has 0 spiro atoms. The van der Waals surface area contributed by atoms with Crippen LogP contribution in [0.3, 0.4) is 0 Å². The van der Waals surface area contributed by atoms with E-state index in [0.29, 0.717) is 0 Å². The van der Waals surface area contributed by atoms with E-state index in [4.69, 9.17) is 11.6 Å². The van der Waals surface area contributed by atoms with Gasteiger partial charge in [-0.2, -0.15) is 0 Å². The van der Waals surface area contributed by atoms with Crippen LogP contribution in [0.25, 0.3) is 6.08 Å². The second-order valence-corrected chi connectivity index (χ2v) is 3.30. The largest absolute Gasteiger partial charge is 0.0877 e. The van der Waals surface area contributed by atoms with Crippen molar-refractivity contribution in [3.8, 4) is 0 Å². The van der Waals surface area contributed by atoms with Crippen LogP contribution in [0.5, 0.6) is 0 Å². The molecule has 0 unspecified atom stereocenters. The SMILES string of the molecule is C/C=C\C=C/c1ccc(Cl)c(C)c1. The lowest BCUT2D eigenvalue weighted by Gasteiger charge is -1.98. The molecule has 1 aromatic rings. The maximum absolute atomic E-state index is 5.90. The van der Waals surface area contributed by atoms with E-state index < -0.39 is 0 Å². The van der Waals surface area contributed by atoms with Crippen molar-refractivity contribution in [2.45, 2.75) is 13.8 Å². The first-order chi connectivity index (χ1) is 6.24. The second-order valence-electron chi connectivity index (χ2n) is 2.89. The molecule has 0 N–H and O–H groups in total. The fourth-order valence-corrected chi connectivity index (χ4v) is 1.17. The highest BCUT2D eigenvalue weighted by atomic mass is 35.5. The Morgan fingerprint density at radius 2 is 2.00 bits per heavy atom. The summed E-state index contributed by atoms with van der Waals surface area (Å²) in [6.07, 6.45) is 8.08. The zero-order valence-corrected chi connectivity index (χ0v) is 8.68. The molecule has 0 fully saturated rings. The molecule has 0 amide bonds. The number of allylic oxidation sites excluding steroid dienone is 3. The van der Waals surface area contributed by atoms with Crippen molar-refractivity contribution >= 4 is 17.7 Å². The molecule has 0 atom stereocenters. The summed E-state index contributed by atoms with van der Waals surface area (Å²) >= 11 is 5.90. The van der Waals surface area contributed by atoms with E-state index in [0.717, 1.165) is 10.6 Å². The summed E-state index contributed by atoms with van der Waals surface area (Å²) in [6.45, 7) is 4.01. The minimum Gasteiger partial charge on any atom is -0.0877 e. The van der Waals surface area contributed by atoms with Crippen LogP contribution in [0, 0.1) is 6.92 Å². The summed E-state index contributed by atoms with van der Waals surface area (Å²) in [5.74, 6) is 0. The Morgan fingerprint density at radius 3 is 2.62 bits per heavy atom. The average Bonchev–Trinajstić information content (AvgIpc) is 2.12. The first kappa shape index (κ1) is 10.1. The highest BCUT2D eigenvalue weighted by molar-refractivity contribution is 6.31. The van der Waals surface area contributed by atoms with Crippen molar-refractivity contribution < 1.29 is 0 Å². The summed E-state index contributed by atoms with van der Waals surface area (Å²) in [7, 11) is 0. The average molecular weight is 193 g/mol. The zero-order chi connectivity index (χ0) is 9.68. The molecule has 1 rings (SSSR count). The normalized spacial score (nSPS) is 11.6. The summed E-state index contributed by atoms with van der Waals surface area (Å²) in [4.78, 5) is 0. The molecule has 1 heteroatoms. The van der Waals surface area contributed by atoms with E-state index in [1.54, 1.807) is 0 Å². The van der Waals surface area contributed by atoms with Crippen LogP contribution < -0.4 is 0 Å². The van der Waals surface area contributed by atoms with E-state index in [2.05, 4.69) is 12.1 Å². The fraction of sp³-hybridized carbons (Fsp3) is 0.167. The van der Waals surface area contributed by atoms with Crippen LogP contribution in [-0.4, -0.2) is 0 Å². The van der Waals surface area contributed by atoms with Gasteiger partial charge in [-0.15, -0.1) is 0 Å². The summed E-state index contributed by atoms with van der Waals surface area (Å²) in [6, 6.07) is 6.00. The van der Waals surface area contributed by atoms with Crippen molar-refractivity contribution in [2.24, 2.45) is 0 Å². The highest BCUT2D eigenvalue weighted by Crippen LogP contribution is 2.16. The standard InChI is InChI=1S/C12H13Cl/c1-3-4-5-6-11-7-8-12(13)10(2)9-11/h3-9H,1-2H3/b4-3-,6-5-. The molecule has 0 saturated carbocycles. The van der Waals surface area contributed by atoms with Gasteiger partial charge in [0.25, 0.3) is 0 Å². The Labute approximate surface area is 84.5 Å². The number of hydrogen-bond acceptors (Lipinski definition) is 0. The first-order valence-electron chi connectivity index (χ1n) is 4.29. The molecular formula is C12H13Cl. The molecule has 68 valence electrons. The van der Waals surface area contributed by atoms with Crippen LogP contribution in [-0.2, 0) is 0 Å². The van der Waals surface area contributed by atoms with Gasteiger partial charge >= 0.3 is 0 Å². The maximum atomic E-state index is 5.90. The Hall–Kier alpha value is -1.01. The number of aryl methyl sites for hydroxylation is 1. The zero-order valence-electron chi connectivity index (χ0n) is 7.92. The van der Waals surface area contributed by atoms with Gasteiger partial charge in [0, 0.05) is 5.02 Å². The molecule has 0 aliphatic rings. The van der Waals surface area contributed by atoms with E-state index in [1.807, 2.05) is 44.2 Å². The molecule has 0 aliphatic heterocycles. The van der Waals surface area contributed by atoms with E-state index >= 15 is 0 Å². The first-order valence-corrected chi connectivity index (χ1v) is 4.67. The molecule has 0 aliphatic carbocycles. The van der Waals surface area contributed by atoms with Crippen LogP contribution in [0.4, 0.5) is 0 Å². The lowest BCUT2D eigenvalue weighted by Crippen LogP contribution is -1.76. The quantitative estimate of drug-likeness (QED) is 0.615. The van der Waals surface area contributed by atoms with Gasteiger partial charge in [0.05, 0.1) is 0 Å². The Morgan fingerprint density at radius 1 is 1.23 bits per heavy atom. The van der Waals surface area contributed by atoms with Gasteiger partial charge in [-0.05, 0) is 31.0 Å².